The molecule has 0 saturated heterocycles. The lowest BCUT2D eigenvalue weighted by atomic mass is 10.1. The molecule has 0 fully saturated rings. The average molecular weight is 256 g/mol. The summed E-state index contributed by atoms with van der Waals surface area (Å²) < 4.78 is 5.82. The van der Waals surface area contributed by atoms with Crippen LogP contribution in [-0.4, -0.2) is 19.7 Å². The summed E-state index contributed by atoms with van der Waals surface area (Å²) >= 11 is 5.98. The van der Waals surface area contributed by atoms with Crippen LogP contribution in [0.25, 0.3) is 0 Å². The summed E-state index contributed by atoms with van der Waals surface area (Å²) in [4.78, 5) is 0. The van der Waals surface area contributed by atoms with Gasteiger partial charge in [-0.05, 0) is 63.0 Å². The molecule has 3 heteroatoms. The first kappa shape index (κ1) is 14.3. The number of ether oxygens (including phenoxy) is 1. The Kier molecular flexibility index (Phi) is 6.38. The van der Waals surface area contributed by atoms with Gasteiger partial charge in [0.1, 0.15) is 5.75 Å². The highest BCUT2D eigenvalue weighted by atomic mass is 35.5. The van der Waals surface area contributed by atoms with E-state index in [0.717, 1.165) is 54.4 Å². The smallest absolute Gasteiger partial charge is 0.125 e. The van der Waals surface area contributed by atoms with Gasteiger partial charge in [-0.2, -0.15) is 0 Å². The molecule has 0 aliphatic carbocycles. The Morgan fingerprint density at radius 1 is 1.18 bits per heavy atom. The third-order valence-corrected chi connectivity index (χ3v) is 2.89. The minimum atomic E-state index is 0.773. The van der Waals surface area contributed by atoms with Gasteiger partial charge in [0.15, 0.2) is 0 Å². The van der Waals surface area contributed by atoms with Crippen LogP contribution in [0.3, 0.4) is 0 Å². The average Bonchev–Trinajstić information content (AvgIpc) is 2.26. The first-order chi connectivity index (χ1) is 8.15. The lowest BCUT2D eigenvalue weighted by molar-refractivity contribution is 0.302. The van der Waals surface area contributed by atoms with E-state index >= 15 is 0 Å². The lowest BCUT2D eigenvalue weighted by Crippen LogP contribution is -2.14. The van der Waals surface area contributed by atoms with Crippen molar-refractivity contribution in [1.29, 1.82) is 0 Å². The fourth-order valence-electron chi connectivity index (χ4n) is 1.83. The number of unbranched alkanes of at least 4 members (excludes halogenated alkanes) is 1. The van der Waals surface area contributed by atoms with E-state index in [9.17, 15) is 0 Å². The van der Waals surface area contributed by atoms with Gasteiger partial charge in [0.2, 0.25) is 0 Å². The summed E-state index contributed by atoms with van der Waals surface area (Å²) in [6.45, 7) is 9.07. The third-order valence-electron chi connectivity index (χ3n) is 2.67. The minimum Gasteiger partial charge on any atom is -0.493 e. The van der Waals surface area contributed by atoms with Gasteiger partial charge >= 0.3 is 0 Å². The fraction of sp³-hybridized carbons (Fsp3) is 0.571. The molecular formula is C14H22ClNO. The second kappa shape index (κ2) is 7.57. The molecule has 2 nitrogen and oxygen atoms in total. The molecule has 0 atom stereocenters. The highest BCUT2D eigenvalue weighted by Crippen LogP contribution is 2.27. The summed E-state index contributed by atoms with van der Waals surface area (Å²) in [5.41, 5.74) is 2.23. The van der Waals surface area contributed by atoms with Crippen LogP contribution in [0.5, 0.6) is 5.75 Å². The second-order valence-electron chi connectivity index (χ2n) is 4.28. The zero-order valence-electron chi connectivity index (χ0n) is 11.0. The summed E-state index contributed by atoms with van der Waals surface area (Å²) in [6.07, 6.45) is 2.23. The standard InChI is InChI=1S/C14H22ClNO/c1-4-16-7-5-6-8-17-14-11(2)9-13(15)10-12(14)3/h9-10,16H,4-8H2,1-3H3. The molecule has 0 spiro atoms. The molecule has 0 aliphatic rings. The van der Waals surface area contributed by atoms with Crippen molar-refractivity contribution in [3.8, 4) is 5.75 Å². The molecule has 0 aliphatic heterocycles. The molecular weight excluding hydrogens is 234 g/mol. The van der Waals surface area contributed by atoms with Gasteiger partial charge in [-0.15, -0.1) is 0 Å². The monoisotopic (exact) mass is 255 g/mol. The first-order valence-corrected chi connectivity index (χ1v) is 6.63. The SMILES string of the molecule is CCNCCCCOc1c(C)cc(Cl)cc1C. The molecule has 1 rings (SSSR count). The van der Waals surface area contributed by atoms with Crippen LogP contribution in [0, 0.1) is 13.8 Å². The van der Waals surface area contributed by atoms with Crippen LogP contribution in [0.1, 0.15) is 30.9 Å². The zero-order valence-corrected chi connectivity index (χ0v) is 11.7. The normalized spacial score (nSPS) is 10.6. The fourth-order valence-corrected chi connectivity index (χ4v) is 2.16. The second-order valence-corrected chi connectivity index (χ2v) is 4.71. The van der Waals surface area contributed by atoms with Crippen molar-refractivity contribution in [3.05, 3.63) is 28.3 Å². The van der Waals surface area contributed by atoms with Crippen molar-refractivity contribution in [2.24, 2.45) is 0 Å². The van der Waals surface area contributed by atoms with Crippen LogP contribution >= 0.6 is 11.6 Å². The summed E-state index contributed by atoms with van der Waals surface area (Å²) in [7, 11) is 0. The molecule has 1 N–H and O–H groups in total. The van der Waals surface area contributed by atoms with E-state index in [1.165, 1.54) is 0 Å². The Hall–Kier alpha value is -0.730. The molecule has 96 valence electrons. The van der Waals surface area contributed by atoms with E-state index in [1.54, 1.807) is 0 Å². The van der Waals surface area contributed by atoms with Crippen molar-refractivity contribution < 1.29 is 4.74 Å². The molecule has 0 aromatic heterocycles. The Morgan fingerprint density at radius 3 is 2.41 bits per heavy atom. The third kappa shape index (κ3) is 4.97. The maximum Gasteiger partial charge on any atom is 0.125 e. The highest BCUT2D eigenvalue weighted by Gasteiger charge is 2.05. The largest absolute Gasteiger partial charge is 0.493 e. The van der Waals surface area contributed by atoms with Gasteiger partial charge in [0.05, 0.1) is 6.61 Å². The van der Waals surface area contributed by atoms with Crippen LogP contribution in [0.4, 0.5) is 0 Å². The van der Waals surface area contributed by atoms with Crippen LogP contribution in [0.15, 0.2) is 12.1 Å². The van der Waals surface area contributed by atoms with Gasteiger partial charge in [-0.25, -0.2) is 0 Å². The molecule has 0 saturated carbocycles. The van der Waals surface area contributed by atoms with Crippen molar-refractivity contribution in [1.82, 2.24) is 5.32 Å². The number of halogens is 1. The van der Waals surface area contributed by atoms with Crippen LogP contribution in [-0.2, 0) is 0 Å². The maximum atomic E-state index is 5.98. The summed E-state index contributed by atoms with van der Waals surface area (Å²) in [5, 5.41) is 4.08. The Balaban J connectivity index is 2.36. The topological polar surface area (TPSA) is 21.3 Å². The number of nitrogens with one attached hydrogen (secondary N) is 1. The van der Waals surface area contributed by atoms with Gasteiger partial charge in [-0.3, -0.25) is 0 Å². The predicted molar refractivity (Wildman–Crippen MR) is 74.2 cm³/mol. The number of rotatable bonds is 7. The van der Waals surface area contributed by atoms with E-state index in [1.807, 2.05) is 26.0 Å². The number of aryl methyl sites for hydroxylation is 2. The van der Waals surface area contributed by atoms with Crippen LogP contribution in [0.2, 0.25) is 5.02 Å². The molecule has 1 aromatic carbocycles. The van der Waals surface area contributed by atoms with Gasteiger partial charge in [-0.1, -0.05) is 18.5 Å². The van der Waals surface area contributed by atoms with Crippen LogP contribution < -0.4 is 10.1 Å². The molecule has 17 heavy (non-hydrogen) atoms. The van der Waals surface area contributed by atoms with E-state index in [4.69, 9.17) is 16.3 Å². The molecule has 0 bridgehead atoms. The van der Waals surface area contributed by atoms with Crippen molar-refractivity contribution in [3.63, 3.8) is 0 Å². The lowest BCUT2D eigenvalue weighted by Gasteiger charge is -2.12. The number of hydrogen-bond donors (Lipinski definition) is 1. The maximum absolute atomic E-state index is 5.98. The quantitative estimate of drug-likeness (QED) is 0.750. The Morgan fingerprint density at radius 2 is 1.82 bits per heavy atom. The zero-order chi connectivity index (χ0) is 12.7. The highest BCUT2D eigenvalue weighted by molar-refractivity contribution is 6.30. The Bertz CT molecular complexity index is 329. The molecule has 0 radical (unpaired) electrons. The van der Waals surface area contributed by atoms with E-state index in [0.29, 0.717) is 0 Å². The van der Waals surface area contributed by atoms with Gasteiger partial charge < -0.3 is 10.1 Å². The summed E-state index contributed by atoms with van der Waals surface area (Å²) in [6, 6.07) is 3.89. The summed E-state index contributed by atoms with van der Waals surface area (Å²) in [5.74, 6) is 0.984. The minimum absolute atomic E-state index is 0.773. The molecule has 0 unspecified atom stereocenters. The van der Waals surface area contributed by atoms with Gasteiger partial charge in [0, 0.05) is 5.02 Å². The predicted octanol–water partition coefficient (Wildman–Crippen LogP) is 3.73. The number of hydrogen-bond acceptors (Lipinski definition) is 2. The van der Waals surface area contributed by atoms with Gasteiger partial charge in [0.25, 0.3) is 0 Å². The Labute approximate surface area is 109 Å². The van der Waals surface area contributed by atoms with Crippen molar-refractivity contribution in [2.45, 2.75) is 33.6 Å². The molecule has 0 amide bonds. The van der Waals surface area contributed by atoms with E-state index in [2.05, 4.69) is 12.2 Å². The van der Waals surface area contributed by atoms with Crippen molar-refractivity contribution >= 4 is 11.6 Å². The first-order valence-electron chi connectivity index (χ1n) is 6.25. The number of benzene rings is 1. The van der Waals surface area contributed by atoms with Crippen molar-refractivity contribution in [2.75, 3.05) is 19.7 Å². The molecule has 1 aromatic rings. The van der Waals surface area contributed by atoms with E-state index in [-0.39, 0.29) is 0 Å². The molecule has 0 heterocycles. The van der Waals surface area contributed by atoms with E-state index < -0.39 is 0 Å².